The summed E-state index contributed by atoms with van der Waals surface area (Å²) in [6.45, 7) is 0. The number of ether oxygens (including phenoxy) is 1. The van der Waals surface area contributed by atoms with Crippen LogP contribution in [0.25, 0.3) is 16.8 Å². The van der Waals surface area contributed by atoms with E-state index in [1.54, 1.807) is 30.3 Å². The molecule has 0 aliphatic carbocycles. The number of hydrogen-bond acceptors (Lipinski definition) is 4. The molecule has 4 rings (SSSR count). The molecule has 4 amide bonds. The molecule has 1 N–H and O–H groups in total. The first kappa shape index (κ1) is 18.9. The van der Waals surface area contributed by atoms with E-state index in [4.69, 9.17) is 4.74 Å². The molecule has 1 fully saturated rings. The number of methoxy groups -OCH3 is 1. The van der Waals surface area contributed by atoms with Crippen molar-refractivity contribution in [2.24, 2.45) is 0 Å². The highest BCUT2D eigenvalue weighted by molar-refractivity contribution is 9.10. The Labute approximate surface area is 174 Å². The summed E-state index contributed by atoms with van der Waals surface area (Å²) in [4.78, 5) is 39.2. The van der Waals surface area contributed by atoms with Gasteiger partial charge in [-0.15, -0.1) is 0 Å². The molecule has 0 atom stereocenters. The summed E-state index contributed by atoms with van der Waals surface area (Å²) in [5.41, 5.74) is 0.843. The average Bonchev–Trinajstić information content (AvgIpc) is 2.72. The van der Waals surface area contributed by atoms with Gasteiger partial charge < -0.3 is 4.74 Å². The van der Waals surface area contributed by atoms with Crippen molar-refractivity contribution in [1.82, 2.24) is 5.32 Å². The molecule has 0 spiro atoms. The van der Waals surface area contributed by atoms with Crippen molar-refractivity contribution in [3.05, 3.63) is 76.3 Å². The maximum absolute atomic E-state index is 13.2. The lowest BCUT2D eigenvalue weighted by Crippen LogP contribution is -2.54. The highest BCUT2D eigenvalue weighted by Gasteiger charge is 2.37. The molecule has 144 valence electrons. The Morgan fingerprint density at radius 2 is 1.76 bits per heavy atom. The van der Waals surface area contributed by atoms with Gasteiger partial charge in [0.2, 0.25) is 0 Å². The fourth-order valence-corrected chi connectivity index (χ4v) is 3.56. The lowest BCUT2D eigenvalue weighted by molar-refractivity contribution is -0.122. The fraction of sp³-hybridized carbons (Fsp3) is 0.0455. The van der Waals surface area contributed by atoms with Crippen molar-refractivity contribution in [2.75, 3.05) is 12.0 Å². The second-order valence-electron chi connectivity index (χ2n) is 6.34. The molecule has 1 aliphatic heterocycles. The Hall–Kier alpha value is -3.45. The summed E-state index contributed by atoms with van der Waals surface area (Å²) in [7, 11) is 1.53. The van der Waals surface area contributed by atoms with E-state index >= 15 is 0 Å². The molecule has 1 aliphatic rings. The number of nitrogens with zero attached hydrogens (tertiary/aromatic N) is 1. The highest BCUT2D eigenvalue weighted by atomic mass is 79.9. The number of carbonyl (C=O) groups excluding carboxylic acids is 3. The Kier molecular flexibility index (Phi) is 4.90. The molecule has 6 nitrogen and oxygen atoms in total. The molecule has 7 heteroatoms. The van der Waals surface area contributed by atoms with E-state index in [0.29, 0.717) is 21.5 Å². The highest BCUT2D eigenvalue weighted by Crippen LogP contribution is 2.31. The van der Waals surface area contributed by atoms with Crippen LogP contribution in [0.2, 0.25) is 0 Å². The lowest BCUT2D eigenvalue weighted by Gasteiger charge is -2.27. The second-order valence-corrected chi connectivity index (χ2v) is 7.20. The van der Waals surface area contributed by atoms with Gasteiger partial charge in [-0.05, 0) is 41.3 Å². The van der Waals surface area contributed by atoms with E-state index in [0.717, 1.165) is 15.7 Å². The van der Waals surface area contributed by atoms with Crippen molar-refractivity contribution in [3.63, 3.8) is 0 Å². The third-order valence-electron chi connectivity index (χ3n) is 4.61. The van der Waals surface area contributed by atoms with E-state index in [-0.39, 0.29) is 5.57 Å². The largest absolute Gasteiger partial charge is 0.497 e. The van der Waals surface area contributed by atoms with E-state index in [9.17, 15) is 14.4 Å². The third kappa shape index (κ3) is 3.40. The number of amides is 4. The SMILES string of the molecule is COc1ccc(Br)c(/C=C2\C(=O)NC(=O)N(c3cccc4ccccc34)C2=O)c1. The van der Waals surface area contributed by atoms with Crippen molar-refractivity contribution in [2.45, 2.75) is 0 Å². The van der Waals surface area contributed by atoms with Gasteiger partial charge in [0.1, 0.15) is 11.3 Å². The average molecular weight is 451 g/mol. The minimum Gasteiger partial charge on any atom is -0.497 e. The number of benzene rings is 3. The molecule has 1 heterocycles. The number of fused-ring (bicyclic) bond motifs is 1. The summed E-state index contributed by atoms with van der Waals surface area (Å²) < 4.78 is 5.89. The van der Waals surface area contributed by atoms with Crippen molar-refractivity contribution < 1.29 is 19.1 Å². The first-order valence-electron chi connectivity index (χ1n) is 8.72. The van der Waals surface area contributed by atoms with Crippen LogP contribution in [0.15, 0.2) is 70.7 Å². The van der Waals surface area contributed by atoms with E-state index in [1.807, 2.05) is 30.3 Å². The normalized spacial score (nSPS) is 15.7. The molecule has 0 bridgehead atoms. The maximum Gasteiger partial charge on any atom is 0.335 e. The number of anilines is 1. The molecule has 0 radical (unpaired) electrons. The molecule has 3 aromatic rings. The van der Waals surface area contributed by atoms with Crippen LogP contribution < -0.4 is 15.0 Å². The van der Waals surface area contributed by atoms with Gasteiger partial charge in [-0.2, -0.15) is 0 Å². The Morgan fingerprint density at radius 3 is 2.55 bits per heavy atom. The molecule has 29 heavy (non-hydrogen) atoms. The van der Waals surface area contributed by atoms with Gasteiger partial charge in [0, 0.05) is 9.86 Å². The number of urea groups is 1. The zero-order chi connectivity index (χ0) is 20.5. The van der Waals surface area contributed by atoms with Gasteiger partial charge in [0.05, 0.1) is 12.8 Å². The molecular formula is C22H15BrN2O4. The zero-order valence-corrected chi connectivity index (χ0v) is 16.9. The van der Waals surface area contributed by atoms with E-state index in [1.165, 1.54) is 13.2 Å². The van der Waals surface area contributed by atoms with Gasteiger partial charge in [-0.3, -0.25) is 14.9 Å². The van der Waals surface area contributed by atoms with Crippen LogP contribution >= 0.6 is 15.9 Å². The van der Waals surface area contributed by atoms with Gasteiger partial charge in [-0.1, -0.05) is 52.3 Å². The summed E-state index contributed by atoms with van der Waals surface area (Å²) in [6.07, 6.45) is 1.44. The second kappa shape index (κ2) is 7.52. The molecule has 0 saturated carbocycles. The van der Waals surface area contributed by atoms with Crippen molar-refractivity contribution >= 4 is 56.3 Å². The number of halogens is 1. The van der Waals surface area contributed by atoms with Crippen LogP contribution in [0, 0.1) is 0 Å². The fourth-order valence-electron chi connectivity index (χ4n) is 3.19. The Balaban J connectivity index is 1.83. The summed E-state index contributed by atoms with van der Waals surface area (Å²) in [6, 6.07) is 17.2. The number of carbonyl (C=O) groups is 3. The van der Waals surface area contributed by atoms with Crippen LogP contribution in [-0.4, -0.2) is 25.0 Å². The van der Waals surface area contributed by atoms with E-state index < -0.39 is 17.8 Å². The topological polar surface area (TPSA) is 75.7 Å². The van der Waals surface area contributed by atoms with Gasteiger partial charge in [0.15, 0.2) is 0 Å². The van der Waals surface area contributed by atoms with Gasteiger partial charge in [0.25, 0.3) is 11.8 Å². The number of rotatable bonds is 3. The Morgan fingerprint density at radius 1 is 1.00 bits per heavy atom. The molecule has 0 aromatic heterocycles. The van der Waals surface area contributed by atoms with Crippen LogP contribution in [0.1, 0.15) is 5.56 Å². The zero-order valence-electron chi connectivity index (χ0n) is 15.3. The minimum absolute atomic E-state index is 0.147. The maximum atomic E-state index is 13.2. The first-order valence-corrected chi connectivity index (χ1v) is 9.51. The number of hydrogen-bond donors (Lipinski definition) is 1. The lowest BCUT2D eigenvalue weighted by atomic mass is 10.0. The standard InChI is InChI=1S/C22H15BrN2O4/c1-29-15-9-10-18(23)14(11-15)12-17-20(26)24-22(28)25(21(17)27)19-8-4-6-13-5-2-3-7-16(13)19/h2-12H,1H3,(H,24,26,28)/b17-12+. The van der Waals surface area contributed by atoms with Crippen LogP contribution in [-0.2, 0) is 9.59 Å². The predicted molar refractivity (Wildman–Crippen MR) is 114 cm³/mol. The monoisotopic (exact) mass is 450 g/mol. The molecule has 1 saturated heterocycles. The quantitative estimate of drug-likeness (QED) is 0.477. The third-order valence-corrected chi connectivity index (χ3v) is 5.33. The van der Waals surface area contributed by atoms with Gasteiger partial charge in [-0.25, -0.2) is 9.69 Å². The minimum atomic E-state index is -0.779. The smallest absolute Gasteiger partial charge is 0.335 e. The van der Waals surface area contributed by atoms with Gasteiger partial charge >= 0.3 is 6.03 Å². The predicted octanol–water partition coefficient (Wildman–Crippen LogP) is 4.28. The van der Waals surface area contributed by atoms with Crippen molar-refractivity contribution in [3.8, 4) is 5.75 Å². The van der Waals surface area contributed by atoms with Crippen molar-refractivity contribution in [1.29, 1.82) is 0 Å². The number of barbiturate groups is 1. The van der Waals surface area contributed by atoms with Crippen LogP contribution in [0.5, 0.6) is 5.75 Å². The summed E-state index contributed by atoms with van der Waals surface area (Å²) >= 11 is 3.41. The number of nitrogens with one attached hydrogen (secondary N) is 1. The molecule has 3 aromatic carbocycles. The number of imide groups is 2. The summed E-state index contributed by atoms with van der Waals surface area (Å²) in [5.74, 6) is -0.860. The molecular weight excluding hydrogens is 436 g/mol. The van der Waals surface area contributed by atoms with E-state index in [2.05, 4.69) is 21.2 Å². The Bertz CT molecular complexity index is 1200. The summed E-state index contributed by atoms with van der Waals surface area (Å²) in [5, 5.41) is 3.86. The van der Waals surface area contributed by atoms with Crippen LogP contribution in [0.3, 0.4) is 0 Å². The first-order chi connectivity index (χ1) is 14.0. The van der Waals surface area contributed by atoms with Crippen LogP contribution in [0.4, 0.5) is 10.5 Å². The molecule has 0 unspecified atom stereocenters.